The second kappa shape index (κ2) is 7.28. The van der Waals surface area contributed by atoms with Crippen LogP contribution in [-0.2, 0) is 19.5 Å². The van der Waals surface area contributed by atoms with Gasteiger partial charge in [-0.2, -0.15) is 0 Å². The molecule has 1 fully saturated rings. The molecule has 2 heterocycles. The Bertz CT molecular complexity index is 723. The van der Waals surface area contributed by atoms with Gasteiger partial charge < -0.3 is 9.80 Å². The van der Waals surface area contributed by atoms with Gasteiger partial charge in [0.15, 0.2) is 0 Å². The summed E-state index contributed by atoms with van der Waals surface area (Å²) in [4.78, 5) is 19.3. The maximum absolute atomic E-state index is 12.9. The van der Waals surface area contributed by atoms with Crippen molar-refractivity contribution in [3.8, 4) is 0 Å². The van der Waals surface area contributed by atoms with Gasteiger partial charge in [0.05, 0.1) is 0 Å². The van der Waals surface area contributed by atoms with Crippen LogP contribution < -0.4 is 0 Å². The lowest BCUT2D eigenvalue weighted by molar-refractivity contribution is 0.106. The molecule has 2 amide bonds. The van der Waals surface area contributed by atoms with Crippen LogP contribution in [0.4, 0.5) is 4.79 Å². The topological polar surface area (TPSA) is 26.8 Å². The summed E-state index contributed by atoms with van der Waals surface area (Å²) in [6, 6.07) is 19.2. The van der Waals surface area contributed by atoms with Crippen LogP contribution in [0, 0.1) is 0 Å². The second-order valence-corrected chi connectivity index (χ2v) is 6.97. The maximum Gasteiger partial charge on any atom is 0.320 e. The summed E-state index contributed by atoms with van der Waals surface area (Å²) in [6.07, 6.45) is 0.968. The third kappa shape index (κ3) is 3.69. The van der Waals surface area contributed by atoms with E-state index in [1.54, 1.807) is 0 Å². The van der Waals surface area contributed by atoms with E-state index >= 15 is 0 Å². The molecular weight excluding hydrogens is 309 g/mol. The first kappa shape index (κ1) is 16.2. The highest BCUT2D eigenvalue weighted by molar-refractivity contribution is 5.75. The van der Waals surface area contributed by atoms with Crippen LogP contribution in [0.2, 0.25) is 0 Å². The number of carbonyl (C=O) groups is 1. The Morgan fingerprint density at radius 2 is 1.44 bits per heavy atom. The van der Waals surface area contributed by atoms with E-state index in [2.05, 4.69) is 59.5 Å². The molecule has 25 heavy (non-hydrogen) atoms. The van der Waals surface area contributed by atoms with Gasteiger partial charge in [-0.05, 0) is 23.1 Å². The lowest BCUT2D eigenvalue weighted by atomic mass is 9.95. The van der Waals surface area contributed by atoms with Gasteiger partial charge in [-0.15, -0.1) is 0 Å². The number of fused-ring (bicyclic) bond motifs is 1. The molecule has 4 nitrogen and oxygen atoms in total. The van der Waals surface area contributed by atoms with Crippen molar-refractivity contribution in [3.05, 3.63) is 71.3 Å². The molecule has 0 unspecified atom stereocenters. The molecule has 2 aromatic rings. The lowest BCUT2D eigenvalue weighted by Crippen LogP contribution is -2.53. The van der Waals surface area contributed by atoms with Crippen molar-refractivity contribution >= 4 is 6.03 Å². The molecule has 1 saturated heterocycles. The van der Waals surface area contributed by atoms with Crippen LogP contribution in [0.15, 0.2) is 54.6 Å². The van der Waals surface area contributed by atoms with Gasteiger partial charge in [0, 0.05) is 45.8 Å². The molecule has 0 bridgehead atoms. The van der Waals surface area contributed by atoms with E-state index in [-0.39, 0.29) is 6.03 Å². The van der Waals surface area contributed by atoms with E-state index in [0.29, 0.717) is 0 Å². The fourth-order valence-electron chi connectivity index (χ4n) is 3.80. The average Bonchev–Trinajstić information content (AvgIpc) is 2.68. The normalized spacial score (nSPS) is 18.1. The summed E-state index contributed by atoms with van der Waals surface area (Å²) >= 11 is 0. The number of hydrogen-bond donors (Lipinski definition) is 0. The van der Waals surface area contributed by atoms with Crippen molar-refractivity contribution in [1.29, 1.82) is 0 Å². The molecule has 2 aromatic carbocycles. The van der Waals surface area contributed by atoms with Gasteiger partial charge in [-0.1, -0.05) is 54.6 Å². The Morgan fingerprint density at radius 1 is 0.760 bits per heavy atom. The van der Waals surface area contributed by atoms with Crippen molar-refractivity contribution in [3.63, 3.8) is 0 Å². The van der Waals surface area contributed by atoms with Crippen LogP contribution in [0.25, 0.3) is 0 Å². The predicted molar refractivity (Wildman–Crippen MR) is 99.2 cm³/mol. The summed E-state index contributed by atoms with van der Waals surface area (Å²) < 4.78 is 0. The molecule has 2 aliphatic rings. The van der Waals surface area contributed by atoms with Gasteiger partial charge in [-0.25, -0.2) is 4.79 Å². The van der Waals surface area contributed by atoms with Gasteiger partial charge in [0.25, 0.3) is 0 Å². The van der Waals surface area contributed by atoms with Crippen molar-refractivity contribution in [2.24, 2.45) is 0 Å². The third-order valence-corrected chi connectivity index (χ3v) is 5.29. The van der Waals surface area contributed by atoms with Crippen LogP contribution in [0.1, 0.15) is 16.7 Å². The van der Waals surface area contributed by atoms with Gasteiger partial charge in [0.1, 0.15) is 0 Å². The number of hydrogen-bond acceptors (Lipinski definition) is 2. The molecule has 0 atom stereocenters. The van der Waals surface area contributed by atoms with E-state index in [1.807, 2.05) is 9.80 Å². The standard InChI is InChI=1S/C21H25N3O/c25-21(24-11-10-19-8-4-5-9-20(19)17-24)23-14-12-22(13-15-23)16-18-6-2-1-3-7-18/h1-9H,10-17H2/i21-1. The minimum atomic E-state index is 0.203. The summed E-state index contributed by atoms with van der Waals surface area (Å²) in [6.45, 7) is 6.10. The van der Waals surface area contributed by atoms with E-state index in [1.165, 1.54) is 16.7 Å². The van der Waals surface area contributed by atoms with E-state index in [9.17, 15) is 4.79 Å². The number of piperazine rings is 1. The zero-order valence-corrected chi connectivity index (χ0v) is 14.6. The average molecular weight is 334 g/mol. The fraction of sp³-hybridized carbons (Fsp3) is 0.381. The summed E-state index contributed by atoms with van der Waals surface area (Å²) in [5, 5.41) is 0. The number of benzene rings is 2. The Balaban J connectivity index is 1.31. The quantitative estimate of drug-likeness (QED) is 0.844. The summed E-state index contributed by atoms with van der Waals surface area (Å²) in [7, 11) is 0. The molecule has 130 valence electrons. The van der Waals surface area contributed by atoms with Crippen molar-refractivity contribution in [1.82, 2.24) is 14.7 Å². The third-order valence-electron chi connectivity index (χ3n) is 5.29. The van der Waals surface area contributed by atoms with Crippen LogP contribution >= 0.6 is 0 Å². The first-order valence-electron chi connectivity index (χ1n) is 9.16. The smallest absolute Gasteiger partial charge is 0.320 e. The Kier molecular flexibility index (Phi) is 4.70. The Labute approximate surface area is 149 Å². The van der Waals surface area contributed by atoms with E-state index in [0.717, 1.165) is 52.2 Å². The zero-order valence-electron chi connectivity index (χ0n) is 14.6. The zero-order chi connectivity index (χ0) is 17.1. The molecular formula is C21H25N3O. The SMILES string of the molecule is O=[11C](N1CCN(Cc2ccccc2)CC1)N1CCc2ccccc2C1. The molecule has 0 spiro atoms. The van der Waals surface area contributed by atoms with E-state index in [4.69, 9.17) is 0 Å². The second-order valence-electron chi connectivity index (χ2n) is 6.97. The molecule has 4 heteroatoms. The molecule has 0 saturated carbocycles. The first-order chi connectivity index (χ1) is 12.3. The first-order valence-corrected chi connectivity index (χ1v) is 9.16. The molecule has 0 aromatic heterocycles. The Morgan fingerprint density at radius 3 is 2.20 bits per heavy atom. The van der Waals surface area contributed by atoms with Gasteiger partial charge in [-0.3, -0.25) is 4.90 Å². The minimum absolute atomic E-state index is 0.203. The molecule has 4 rings (SSSR count). The number of urea groups is 1. The highest BCUT2D eigenvalue weighted by Gasteiger charge is 2.27. The summed E-state index contributed by atoms with van der Waals surface area (Å²) in [5.41, 5.74) is 4.03. The van der Waals surface area contributed by atoms with Crippen molar-refractivity contribution < 1.29 is 4.79 Å². The number of amides is 2. The monoisotopic (exact) mass is 334 g/mol. The molecule has 0 radical (unpaired) electrons. The van der Waals surface area contributed by atoms with Gasteiger partial charge in [0.2, 0.25) is 0 Å². The molecule has 0 aliphatic carbocycles. The highest BCUT2D eigenvalue weighted by Crippen LogP contribution is 2.20. The largest absolute Gasteiger partial charge is 0.322 e. The van der Waals surface area contributed by atoms with E-state index < -0.39 is 0 Å². The predicted octanol–water partition coefficient (Wildman–Crippen LogP) is 2.98. The van der Waals surface area contributed by atoms with Crippen molar-refractivity contribution in [2.75, 3.05) is 32.7 Å². The fourth-order valence-corrected chi connectivity index (χ4v) is 3.80. The van der Waals surface area contributed by atoms with Crippen LogP contribution in [-0.4, -0.2) is 53.5 Å². The van der Waals surface area contributed by atoms with Gasteiger partial charge >= 0.3 is 6.03 Å². The van der Waals surface area contributed by atoms with Crippen LogP contribution in [0.3, 0.4) is 0 Å². The highest BCUT2D eigenvalue weighted by atomic mass is 16.1. The Hall–Kier alpha value is -2.33. The van der Waals surface area contributed by atoms with Crippen LogP contribution in [0.5, 0.6) is 0 Å². The minimum Gasteiger partial charge on any atom is -0.322 e. The lowest BCUT2D eigenvalue weighted by Gasteiger charge is -2.39. The number of carbonyl (C=O) groups excluding carboxylic acids is 1. The molecule has 0 N–H and O–H groups in total. The maximum atomic E-state index is 12.9. The summed E-state index contributed by atoms with van der Waals surface area (Å²) in [5.74, 6) is 0. The van der Waals surface area contributed by atoms with Crippen molar-refractivity contribution in [2.45, 2.75) is 19.5 Å². The molecule has 2 aliphatic heterocycles. The number of nitrogens with zero attached hydrogens (tertiary/aromatic N) is 3. The number of rotatable bonds is 2.